The Hall–Kier alpha value is -2.46. The van der Waals surface area contributed by atoms with Crippen molar-refractivity contribution in [3.05, 3.63) is 45.1 Å². The maximum absolute atomic E-state index is 12.3. The van der Waals surface area contributed by atoms with E-state index in [0.717, 1.165) is 8.87 Å². The van der Waals surface area contributed by atoms with Crippen molar-refractivity contribution in [2.24, 2.45) is 0 Å². The zero-order chi connectivity index (χ0) is 17.9. The van der Waals surface area contributed by atoms with E-state index in [1.54, 1.807) is 24.3 Å². The average Bonchev–Trinajstić information content (AvgIpc) is 2.51. The molecule has 10 heteroatoms. The van der Waals surface area contributed by atoms with Crippen LogP contribution in [0.1, 0.15) is 0 Å². The van der Waals surface area contributed by atoms with Gasteiger partial charge in [-0.15, -0.1) is 0 Å². The van der Waals surface area contributed by atoms with Crippen LogP contribution in [0.4, 0.5) is 0 Å². The summed E-state index contributed by atoms with van der Waals surface area (Å²) in [5.41, 5.74) is -0.888. The number of H-pyrrole nitrogens is 1. The van der Waals surface area contributed by atoms with E-state index in [1.807, 2.05) is 0 Å². The van der Waals surface area contributed by atoms with Crippen molar-refractivity contribution in [2.45, 2.75) is 6.54 Å². The molecule has 0 saturated carbocycles. The van der Waals surface area contributed by atoms with Gasteiger partial charge in [-0.1, -0.05) is 12.1 Å². The van der Waals surface area contributed by atoms with Crippen molar-refractivity contribution in [2.75, 3.05) is 26.4 Å². The van der Waals surface area contributed by atoms with Gasteiger partial charge >= 0.3 is 5.69 Å². The Morgan fingerprint density at radius 2 is 1.92 bits per heavy atom. The number of para-hydroxylation sites is 1. The van der Waals surface area contributed by atoms with Crippen LogP contribution >= 0.6 is 0 Å². The number of carbonyl (C=O) groups is 1. The third kappa shape index (κ3) is 3.89. The van der Waals surface area contributed by atoms with Crippen LogP contribution in [0.5, 0.6) is 0 Å². The number of carbonyl (C=O) groups excluding carboxylic acids is 1. The highest BCUT2D eigenvalue weighted by Crippen LogP contribution is 2.02. The monoisotopic (exact) mass is 354 g/mol. The van der Waals surface area contributed by atoms with Gasteiger partial charge in [0.25, 0.3) is 5.56 Å². The Balaban J connectivity index is 2.11. The Kier molecular flexibility index (Phi) is 5.20. The molecular formula is C14H18N4O5S. The number of benzene rings is 1. The lowest BCUT2D eigenvalue weighted by atomic mass is 10.2. The van der Waals surface area contributed by atoms with E-state index in [1.165, 1.54) is 14.1 Å². The van der Waals surface area contributed by atoms with Gasteiger partial charge in [-0.25, -0.2) is 17.5 Å². The van der Waals surface area contributed by atoms with Crippen LogP contribution in [0.15, 0.2) is 33.9 Å². The number of aromatic nitrogens is 2. The summed E-state index contributed by atoms with van der Waals surface area (Å²) in [6, 6.07) is 6.47. The van der Waals surface area contributed by atoms with Crippen molar-refractivity contribution in [3.8, 4) is 0 Å². The Morgan fingerprint density at radius 1 is 1.25 bits per heavy atom. The summed E-state index contributed by atoms with van der Waals surface area (Å²) in [6.07, 6.45) is 0. The zero-order valence-corrected chi connectivity index (χ0v) is 14.1. The van der Waals surface area contributed by atoms with E-state index in [4.69, 9.17) is 0 Å². The Labute approximate surface area is 138 Å². The number of hydrogen-bond donors (Lipinski definition) is 2. The van der Waals surface area contributed by atoms with Crippen molar-refractivity contribution in [3.63, 3.8) is 0 Å². The van der Waals surface area contributed by atoms with Gasteiger partial charge in [0.05, 0.1) is 16.7 Å². The molecule has 1 amide bonds. The van der Waals surface area contributed by atoms with Crippen molar-refractivity contribution >= 4 is 26.8 Å². The molecule has 0 bridgehead atoms. The summed E-state index contributed by atoms with van der Waals surface area (Å²) in [4.78, 5) is 38.6. The fourth-order valence-electron chi connectivity index (χ4n) is 2.04. The smallest absolute Gasteiger partial charge is 0.329 e. The first-order valence-electron chi connectivity index (χ1n) is 7.11. The number of nitrogens with zero attached hydrogens (tertiary/aromatic N) is 2. The number of amides is 1. The molecule has 0 unspecified atom stereocenters. The van der Waals surface area contributed by atoms with Gasteiger partial charge in [0.15, 0.2) is 0 Å². The first-order valence-corrected chi connectivity index (χ1v) is 8.72. The van der Waals surface area contributed by atoms with E-state index in [9.17, 15) is 22.8 Å². The van der Waals surface area contributed by atoms with Crippen molar-refractivity contribution in [1.29, 1.82) is 0 Å². The molecule has 2 aromatic rings. The van der Waals surface area contributed by atoms with E-state index in [2.05, 4.69) is 10.3 Å². The lowest BCUT2D eigenvalue weighted by Gasteiger charge is -2.12. The molecule has 2 rings (SSSR count). The molecule has 1 aromatic carbocycles. The van der Waals surface area contributed by atoms with Gasteiger partial charge in [0.2, 0.25) is 15.9 Å². The summed E-state index contributed by atoms with van der Waals surface area (Å²) < 4.78 is 25.0. The highest BCUT2D eigenvalue weighted by Gasteiger charge is 2.15. The predicted molar refractivity (Wildman–Crippen MR) is 89.3 cm³/mol. The highest BCUT2D eigenvalue weighted by molar-refractivity contribution is 7.89. The minimum Gasteiger partial charge on any atom is -0.353 e. The third-order valence-corrected chi connectivity index (χ3v) is 5.26. The number of rotatable bonds is 6. The highest BCUT2D eigenvalue weighted by atomic mass is 32.2. The zero-order valence-electron chi connectivity index (χ0n) is 13.3. The quantitative estimate of drug-likeness (QED) is 0.668. The van der Waals surface area contributed by atoms with Crippen LogP contribution in [0.3, 0.4) is 0 Å². The molecule has 0 aliphatic heterocycles. The lowest BCUT2D eigenvalue weighted by molar-refractivity contribution is -0.121. The van der Waals surface area contributed by atoms with Gasteiger partial charge in [0.1, 0.15) is 6.54 Å². The first-order chi connectivity index (χ1) is 11.2. The van der Waals surface area contributed by atoms with Crippen molar-refractivity contribution < 1.29 is 13.2 Å². The minimum atomic E-state index is -3.43. The van der Waals surface area contributed by atoms with Crippen LogP contribution in [0.2, 0.25) is 0 Å². The predicted octanol–water partition coefficient (Wildman–Crippen LogP) is -1.30. The van der Waals surface area contributed by atoms with Gasteiger partial charge in [-0.2, -0.15) is 0 Å². The molecule has 1 aromatic heterocycles. The number of aromatic amines is 1. The second kappa shape index (κ2) is 6.97. The van der Waals surface area contributed by atoms with E-state index in [-0.39, 0.29) is 12.3 Å². The molecule has 0 spiro atoms. The third-order valence-electron chi connectivity index (χ3n) is 3.43. The van der Waals surface area contributed by atoms with Crippen LogP contribution in [-0.4, -0.2) is 54.6 Å². The molecule has 1 heterocycles. The summed E-state index contributed by atoms with van der Waals surface area (Å²) in [5.74, 6) is -0.888. The first kappa shape index (κ1) is 17.9. The molecule has 0 aliphatic rings. The van der Waals surface area contributed by atoms with Crippen LogP contribution in [-0.2, 0) is 21.4 Å². The summed E-state index contributed by atoms with van der Waals surface area (Å²) in [5, 5.41) is 2.68. The normalized spacial score (nSPS) is 11.8. The molecule has 130 valence electrons. The van der Waals surface area contributed by atoms with Gasteiger partial charge in [0, 0.05) is 20.6 Å². The number of fused-ring (bicyclic) bond motifs is 1. The number of hydrogen-bond acceptors (Lipinski definition) is 5. The number of nitrogens with one attached hydrogen (secondary N) is 2. The lowest BCUT2D eigenvalue weighted by Crippen LogP contribution is -2.42. The maximum Gasteiger partial charge on any atom is 0.329 e. The largest absolute Gasteiger partial charge is 0.353 e. The Bertz CT molecular complexity index is 975. The molecule has 0 aliphatic carbocycles. The van der Waals surface area contributed by atoms with Gasteiger partial charge < -0.3 is 10.3 Å². The van der Waals surface area contributed by atoms with E-state index >= 15 is 0 Å². The molecule has 9 nitrogen and oxygen atoms in total. The fraction of sp³-hybridized carbons (Fsp3) is 0.357. The van der Waals surface area contributed by atoms with E-state index in [0.29, 0.717) is 10.9 Å². The second-order valence-corrected chi connectivity index (χ2v) is 7.62. The summed E-state index contributed by atoms with van der Waals surface area (Å²) in [7, 11) is -0.641. The second-order valence-electron chi connectivity index (χ2n) is 5.32. The Morgan fingerprint density at radius 3 is 2.58 bits per heavy atom. The van der Waals surface area contributed by atoms with Gasteiger partial charge in [-0.05, 0) is 12.1 Å². The molecule has 0 atom stereocenters. The SMILES string of the molecule is CN(C)S(=O)(=O)CCNC(=O)Cn1c(=O)[nH]c2ccccc2c1=O. The number of sulfonamides is 1. The van der Waals surface area contributed by atoms with Gasteiger partial charge in [-0.3, -0.25) is 14.2 Å². The summed E-state index contributed by atoms with van der Waals surface area (Å²) in [6.45, 7) is -0.597. The molecule has 0 fully saturated rings. The maximum atomic E-state index is 12.3. The molecule has 2 N–H and O–H groups in total. The fourth-order valence-corrected chi connectivity index (χ4v) is 2.77. The van der Waals surface area contributed by atoms with E-state index < -0.39 is 33.7 Å². The minimum absolute atomic E-state index is 0.112. The molecular weight excluding hydrogens is 336 g/mol. The summed E-state index contributed by atoms with van der Waals surface area (Å²) >= 11 is 0. The average molecular weight is 354 g/mol. The van der Waals surface area contributed by atoms with Crippen molar-refractivity contribution in [1.82, 2.24) is 19.2 Å². The van der Waals surface area contributed by atoms with Crippen LogP contribution < -0.4 is 16.6 Å². The molecule has 0 radical (unpaired) electrons. The van der Waals surface area contributed by atoms with Crippen LogP contribution in [0.25, 0.3) is 10.9 Å². The standard InChI is InChI=1S/C14H18N4O5S/c1-17(2)24(22,23)8-7-15-12(19)9-18-13(20)10-5-3-4-6-11(10)16-14(18)21/h3-6H,7-9H2,1-2H3,(H,15,19)(H,16,21). The topological polar surface area (TPSA) is 121 Å². The molecule has 0 saturated heterocycles. The van der Waals surface area contributed by atoms with Crippen LogP contribution in [0, 0.1) is 0 Å². The molecule has 24 heavy (non-hydrogen) atoms.